The first-order valence-corrected chi connectivity index (χ1v) is 6.46. The summed E-state index contributed by atoms with van der Waals surface area (Å²) in [6.07, 6.45) is -5.28. The van der Waals surface area contributed by atoms with Crippen LogP contribution in [0.25, 0.3) is 0 Å². The van der Waals surface area contributed by atoms with E-state index in [1.807, 2.05) is 0 Å². The number of amides is 2. The number of hydrogen-bond donors (Lipinski definition) is 2. The predicted octanol–water partition coefficient (Wildman–Crippen LogP) is 1.64. The number of nitrogens with zero attached hydrogens (tertiary/aromatic N) is 3. The van der Waals surface area contributed by atoms with Crippen molar-refractivity contribution in [2.45, 2.75) is 25.1 Å². The highest BCUT2D eigenvalue weighted by atomic mass is 19.4. The van der Waals surface area contributed by atoms with Crippen molar-refractivity contribution in [2.75, 3.05) is 18.4 Å². The molecule has 1 saturated heterocycles. The molecular formula is C12H15F3N4O2. The van der Waals surface area contributed by atoms with Gasteiger partial charge >= 0.3 is 12.2 Å². The van der Waals surface area contributed by atoms with Gasteiger partial charge in [0.05, 0.1) is 0 Å². The van der Waals surface area contributed by atoms with Crippen molar-refractivity contribution in [1.29, 1.82) is 0 Å². The third kappa shape index (κ3) is 4.03. The van der Waals surface area contributed by atoms with Gasteiger partial charge in [0.25, 0.3) is 0 Å². The van der Waals surface area contributed by atoms with E-state index in [1.165, 1.54) is 11.1 Å². The van der Waals surface area contributed by atoms with E-state index in [0.717, 1.165) is 0 Å². The van der Waals surface area contributed by atoms with Crippen LogP contribution in [0.5, 0.6) is 0 Å². The third-order valence-electron chi connectivity index (χ3n) is 3.42. The molecular weight excluding hydrogens is 289 g/mol. The number of aromatic nitrogens is 2. The monoisotopic (exact) mass is 304 g/mol. The number of nitrogens with one attached hydrogen (secondary N) is 1. The molecule has 116 valence electrons. The maximum Gasteiger partial charge on any atom is 0.414 e. The van der Waals surface area contributed by atoms with Gasteiger partial charge in [-0.2, -0.15) is 18.3 Å². The van der Waals surface area contributed by atoms with Crippen LogP contribution in [-0.4, -0.2) is 51.6 Å². The van der Waals surface area contributed by atoms with E-state index < -0.39 is 24.2 Å². The van der Waals surface area contributed by atoms with Gasteiger partial charge in [-0.15, -0.1) is 5.10 Å². The molecule has 1 unspecified atom stereocenters. The first-order chi connectivity index (χ1) is 9.88. The largest absolute Gasteiger partial charge is 0.414 e. The smallest absolute Gasteiger partial charge is 0.383 e. The van der Waals surface area contributed by atoms with Gasteiger partial charge in [-0.25, -0.2) is 4.79 Å². The van der Waals surface area contributed by atoms with E-state index in [0.29, 0.717) is 0 Å². The van der Waals surface area contributed by atoms with Gasteiger partial charge in [-0.1, -0.05) is 0 Å². The zero-order chi connectivity index (χ0) is 15.5. The summed E-state index contributed by atoms with van der Waals surface area (Å²) in [7, 11) is 0. The van der Waals surface area contributed by atoms with E-state index >= 15 is 0 Å². The molecule has 6 nitrogen and oxygen atoms in total. The quantitative estimate of drug-likeness (QED) is 0.870. The molecule has 2 rings (SSSR count). The van der Waals surface area contributed by atoms with E-state index in [2.05, 4.69) is 15.5 Å². The molecule has 0 aromatic carbocycles. The van der Waals surface area contributed by atoms with E-state index in [-0.39, 0.29) is 31.7 Å². The Kier molecular flexibility index (Phi) is 4.61. The number of urea groups is 1. The van der Waals surface area contributed by atoms with Crippen LogP contribution in [0.3, 0.4) is 0 Å². The maximum absolute atomic E-state index is 12.4. The number of hydrogen-bond acceptors (Lipinski definition) is 4. The lowest BCUT2D eigenvalue weighted by atomic mass is 9.91. The number of likely N-dealkylation sites (tertiary alicyclic amines) is 1. The fraction of sp³-hybridized carbons (Fsp3) is 0.583. The number of aliphatic hydroxyl groups excluding tert-OH is 1. The molecule has 0 bridgehead atoms. The molecule has 0 spiro atoms. The summed E-state index contributed by atoms with van der Waals surface area (Å²) in [5, 5.41) is 19.0. The van der Waals surface area contributed by atoms with Gasteiger partial charge in [0.2, 0.25) is 0 Å². The number of alkyl halides is 3. The lowest BCUT2D eigenvalue weighted by Crippen LogP contribution is -2.46. The number of carbonyl (C=O) groups excluding carboxylic acids is 1. The lowest BCUT2D eigenvalue weighted by Gasteiger charge is -2.34. The number of piperidine rings is 1. The first kappa shape index (κ1) is 15.5. The number of rotatable bonds is 2. The highest BCUT2D eigenvalue weighted by Gasteiger charge is 2.44. The zero-order valence-electron chi connectivity index (χ0n) is 11.0. The van der Waals surface area contributed by atoms with E-state index in [4.69, 9.17) is 0 Å². The molecule has 1 atom stereocenters. The summed E-state index contributed by atoms with van der Waals surface area (Å²) in [4.78, 5) is 13.3. The molecule has 9 heteroatoms. The summed E-state index contributed by atoms with van der Waals surface area (Å²) in [6.45, 7) is 0.313. The molecule has 1 aliphatic heterocycles. The topological polar surface area (TPSA) is 78.4 Å². The van der Waals surface area contributed by atoms with Gasteiger partial charge in [0, 0.05) is 19.3 Å². The van der Waals surface area contributed by atoms with Crippen molar-refractivity contribution in [3.63, 3.8) is 0 Å². The lowest BCUT2D eigenvalue weighted by molar-refractivity contribution is -0.222. The summed E-state index contributed by atoms with van der Waals surface area (Å²) in [5.74, 6) is -0.592. The number of halogens is 3. The molecule has 0 radical (unpaired) electrons. The first-order valence-electron chi connectivity index (χ1n) is 6.46. The Bertz CT molecular complexity index is 475. The van der Waals surface area contributed by atoms with Crippen molar-refractivity contribution >= 4 is 11.8 Å². The Hall–Kier alpha value is -1.90. The highest BCUT2D eigenvalue weighted by Crippen LogP contribution is 2.31. The van der Waals surface area contributed by atoms with Crippen LogP contribution in [0, 0.1) is 5.92 Å². The average molecular weight is 304 g/mol. The van der Waals surface area contributed by atoms with Crippen LogP contribution >= 0.6 is 0 Å². The minimum atomic E-state index is -4.62. The van der Waals surface area contributed by atoms with Crippen molar-refractivity contribution in [3.8, 4) is 0 Å². The number of aliphatic hydroxyl groups is 1. The molecule has 21 heavy (non-hydrogen) atoms. The number of anilines is 1. The molecule has 0 saturated carbocycles. The second kappa shape index (κ2) is 6.25. The predicted molar refractivity (Wildman–Crippen MR) is 67.4 cm³/mol. The highest BCUT2D eigenvalue weighted by molar-refractivity contribution is 5.88. The maximum atomic E-state index is 12.4. The molecule has 1 fully saturated rings. The summed E-state index contributed by atoms with van der Waals surface area (Å²) in [6, 6.07) is 2.73. The Morgan fingerprint density at radius 1 is 1.43 bits per heavy atom. The molecule has 2 N–H and O–H groups in total. The molecule has 1 aromatic heterocycles. The Morgan fingerprint density at radius 3 is 2.62 bits per heavy atom. The van der Waals surface area contributed by atoms with Gasteiger partial charge in [-0.3, -0.25) is 5.32 Å². The van der Waals surface area contributed by atoms with Gasteiger partial charge in [0.15, 0.2) is 11.9 Å². The minimum absolute atomic E-state index is 0.106. The molecule has 1 aliphatic rings. The summed E-state index contributed by atoms with van der Waals surface area (Å²) < 4.78 is 37.3. The molecule has 2 heterocycles. The third-order valence-corrected chi connectivity index (χ3v) is 3.42. The van der Waals surface area contributed by atoms with Crippen molar-refractivity contribution in [2.24, 2.45) is 5.92 Å². The molecule has 1 aromatic rings. The van der Waals surface area contributed by atoms with Crippen LogP contribution in [0.1, 0.15) is 12.8 Å². The Morgan fingerprint density at radius 2 is 2.10 bits per heavy atom. The van der Waals surface area contributed by atoms with Crippen LogP contribution < -0.4 is 5.32 Å². The van der Waals surface area contributed by atoms with Gasteiger partial charge in [0.1, 0.15) is 0 Å². The summed E-state index contributed by atoms with van der Waals surface area (Å²) >= 11 is 0. The van der Waals surface area contributed by atoms with E-state index in [1.54, 1.807) is 12.1 Å². The van der Waals surface area contributed by atoms with Crippen LogP contribution in [-0.2, 0) is 0 Å². The standard InChI is InChI=1S/C12H15F3N4O2/c13-12(14,15)10(20)8-3-6-19(7-4-8)11(21)17-9-2-1-5-16-18-9/h1-2,5,8,10,20H,3-4,6-7H2,(H,17,18,21). The zero-order valence-corrected chi connectivity index (χ0v) is 11.0. The van der Waals surface area contributed by atoms with Crippen LogP contribution in [0.15, 0.2) is 18.3 Å². The fourth-order valence-electron chi connectivity index (χ4n) is 2.24. The SMILES string of the molecule is O=C(Nc1cccnn1)N1CCC(C(O)C(F)(F)F)CC1. The Labute approximate surface area is 119 Å². The van der Waals surface area contributed by atoms with Crippen molar-refractivity contribution in [1.82, 2.24) is 15.1 Å². The van der Waals surface area contributed by atoms with Gasteiger partial charge < -0.3 is 10.0 Å². The molecule has 0 aliphatic carbocycles. The summed E-state index contributed by atoms with van der Waals surface area (Å²) in [5.41, 5.74) is 0. The average Bonchev–Trinajstić information content (AvgIpc) is 2.46. The van der Waals surface area contributed by atoms with Crippen molar-refractivity contribution < 1.29 is 23.1 Å². The Balaban J connectivity index is 1.85. The fourth-order valence-corrected chi connectivity index (χ4v) is 2.24. The minimum Gasteiger partial charge on any atom is -0.383 e. The van der Waals surface area contributed by atoms with Crippen LogP contribution in [0.2, 0.25) is 0 Å². The van der Waals surface area contributed by atoms with Gasteiger partial charge in [-0.05, 0) is 30.9 Å². The number of carbonyl (C=O) groups is 1. The van der Waals surface area contributed by atoms with Crippen LogP contribution in [0.4, 0.5) is 23.8 Å². The van der Waals surface area contributed by atoms with E-state index in [9.17, 15) is 23.1 Å². The second-order valence-electron chi connectivity index (χ2n) is 4.85. The second-order valence-corrected chi connectivity index (χ2v) is 4.85. The van der Waals surface area contributed by atoms with Crippen molar-refractivity contribution in [3.05, 3.63) is 18.3 Å². The normalized spacial score (nSPS) is 18.4. The molecule has 2 amide bonds.